The molecule has 5 nitrogen and oxygen atoms in total. The fourth-order valence-electron chi connectivity index (χ4n) is 2.61. The lowest BCUT2D eigenvalue weighted by molar-refractivity contribution is 0.625. The van der Waals surface area contributed by atoms with Gasteiger partial charge >= 0.3 is 0 Å². The molecule has 0 atom stereocenters. The van der Waals surface area contributed by atoms with Crippen molar-refractivity contribution in [3.8, 4) is 0 Å². The second kappa shape index (κ2) is 4.51. The molecule has 4 rings (SSSR count). The van der Waals surface area contributed by atoms with Crippen molar-refractivity contribution in [1.29, 1.82) is 0 Å². The molecule has 106 valence electrons. The van der Waals surface area contributed by atoms with Crippen molar-refractivity contribution in [2.24, 2.45) is 0 Å². The molecule has 1 saturated carbocycles. The van der Waals surface area contributed by atoms with Gasteiger partial charge in [0.1, 0.15) is 18.0 Å². The summed E-state index contributed by atoms with van der Waals surface area (Å²) in [5.41, 5.74) is 8.44. The molecule has 1 aromatic carbocycles. The number of benzene rings is 1. The van der Waals surface area contributed by atoms with Crippen LogP contribution in [0.1, 0.15) is 30.1 Å². The van der Waals surface area contributed by atoms with Gasteiger partial charge in [0.05, 0.1) is 17.1 Å². The van der Waals surface area contributed by atoms with Crippen LogP contribution in [0.4, 0.5) is 10.2 Å². The van der Waals surface area contributed by atoms with Crippen LogP contribution in [0.25, 0.3) is 11.0 Å². The number of fused-ring (bicyclic) bond motifs is 1. The van der Waals surface area contributed by atoms with E-state index in [0.717, 1.165) is 35.1 Å². The van der Waals surface area contributed by atoms with E-state index in [1.54, 1.807) is 6.07 Å². The van der Waals surface area contributed by atoms with Crippen LogP contribution in [-0.4, -0.2) is 19.7 Å². The zero-order valence-corrected chi connectivity index (χ0v) is 11.3. The Morgan fingerprint density at radius 3 is 2.90 bits per heavy atom. The molecule has 1 aliphatic carbocycles. The van der Waals surface area contributed by atoms with Gasteiger partial charge < -0.3 is 5.73 Å². The number of anilines is 1. The summed E-state index contributed by atoms with van der Waals surface area (Å²) < 4.78 is 15.3. The average Bonchev–Trinajstić information content (AvgIpc) is 3.23. The average molecular weight is 283 g/mol. The number of rotatable bonds is 3. The molecule has 2 aromatic heterocycles. The third-order valence-corrected chi connectivity index (χ3v) is 3.74. The van der Waals surface area contributed by atoms with Crippen molar-refractivity contribution in [2.45, 2.75) is 25.3 Å². The summed E-state index contributed by atoms with van der Waals surface area (Å²) in [4.78, 5) is 8.38. The lowest BCUT2D eigenvalue weighted by Crippen LogP contribution is -1.99. The Morgan fingerprint density at radius 1 is 1.29 bits per heavy atom. The van der Waals surface area contributed by atoms with Crippen LogP contribution < -0.4 is 5.73 Å². The van der Waals surface area contributed by atoms with Crippen LogP contribution in [0.2, 0.25) is 0 Å². The van der Waals surface area contributed by atoms with Crippen molar-refractivity contribution < 1.29 is 4.39 Å². The summed E-state index contributed by atoms with van der Waals surface area (Å²) in [5, 5.41) is 5.43. The molecule has 2 heterocycles. The Bertz CT molecular complexity index is 822. The zero-order chi connectivity index (χ0) is 14.4. The van der Waals surface area contributed by atoms with E-state index >= 15 is 0 Å². The first-order valence-electron chi connectivity index (χ1n) is 6.94. The molecule has 0 bridgehead atoms. The molecule has 0 radical (unpaired) electrons. The molecule has 1 aliphatic rings. The first-order chi connectivity index (χ1) is 10.2. The smallest absolute Gasteiger partial charge is 0.163 e. The molecule has 6 heteroatoms. The maximum absolute atomic E-state index is 13.3. The van der Waals surface area contributed by atoms with Gasteiger partial charge in [0.2, 0.25) is 0 Å². The van der Waals surface area contributed by atoms with Crippen molar-refractivity contribution >= 4 is 16.9 Å². The van der Waals surface area contributed by atoms with Crippen molar-refractivity contribution in [1.82, 2.24) is 19.7 Å². The van der Waals surface area contributed by atoms with E-state index in [-0.39, 0.29) is 5.82 Å². The van der Waals surface area contributed by atoms with Gasteiger partial charge in [0.15, 0.2) is 5.65 Å². The number of nitrogen functional groups attached to an aromatic ring is 1. The molecule has 0 saturated heterocycles. The summed E-state index contributed by atoms with van der Waals surface area (Å²) in [7, 11) is 0. The highest BCUT2D eigenvalue weighted by atomic mass is 19.1. The van der Waals surface area contributed by atoms with Crippen LogP contribution >= 0.6 is 0 Å². The Balaban J connectivity index is 1.84. The van der Waals surface area contributed by atoms with Gasteiger partial charge in [0, 0.05) is 6.42 Å². The number of hydrogen-bond acceptors (Lipinski definition) is 4. The molecule has 0 unspecified atom stereocenters. The molecule has 1 fully saturated rings. The number of halogens is 1. The molecular weight excluding hydrogens is 269 g/mol. The predicted octanol–water partition coefficient (Wildman–Crippen LogP) is 2.47. The maximum atomic E-state index is 13.3. The lowest BCUT2D eigenvalue weighted by Gasteiger charge is -2.00. The SMILES string of the molecule is Nc1ncnc2c1c(Cc1cccc(F)c1)nn2C1CC1. The topological polar surface area (TPSA) is 69.6 Å². The summed E-state index contributed by atoms with van der Waals surface area (Å²) in [5.74, 6) is 0.181. The first-order valence-corrected chi connectivity index (χ1v) is 6.94. The minimum absolute atomic E-state index is 0.248. The molecule has 3 aromatic rings. The van der Waals surface area contributed by atoms with Crippen LogP contribution in [-0.2, 0) is 6.42 Å². The molecular formula is C15H14FN5. The first kappa shape index (κ1) is 12.3. The summed E-state index contributed by atoms with van der Waals surface area (Å²) in [6.45, 7) is 0. The van der Waals surface area contributed by atoms with Crippen LogP contribution in [0.5, 0.6) is 0 Å². The summed E-state index contributed by atoms with van der Waals surface area (Å²) in [6.07, 6.45) is 4.20. The third kappa shape index (κ3) is 2.12. The van der Waals surface area contributed by atoms with Gasteiger partial charge in [-0.2, -0.15) is 5.10 Å². The number of nitrogens with zero attached hydrogens (tertiary/aromatic N) is 4. The number of hydrogen-bond donors (Lipinski definition) is 1. The van der Waals surface area contributed by atoms with E-state index in [4.69, 9.17) is 5.73 Å². The van der Waals surface area contributed by atoms with Crippen LogP contribution in [0.3, 0.4) is 0 Å². The van der Waals surface area contributed by atoms with Crippen molar-refractivity contribution in [3.05, 3.63) is 47.7 Å². The quantitative estimate of drug-likeness (QED) is 0.801. The highest BCUT2D eigenvalue weighted by molar-refractivity contribution is 5.88. The van der Waals surface area contributed by atoms with Crippen LogP contribution in [0.15, 0.2) is 30.6 Å². The van der Waals surface area contributed by atoms with Crippen molar-refractivity contribution in [3.63, 3.8) is 0 Å². The van der Waals surface area contributed by atoms with Gasteiger partial charge in [-0.15, -0.1) is 0 Å². The Kier molecular flexibility index (Phi) is 2.63. The monoisotopic (exact) mass is 283 g/mol. The molecule has 21 heavy (non-hydrogen) atoms. The fraction of sp³-hybridized carbons (Fsp3) is 0.267. The highest BCUT2D eigenvalue weighted by Gasteiger charge is 2.28. The van der Waals surface area contributed by atoms with Gasteiger partial charge in [-0.3, -0.25) is 0 Å². The fourth-order valence-corrected chi connectivity index (χ4v) is 2.61. The minimum Gasteiger partial charge on any atom is -0.383 e. The van der Waals surface area contributed by atoms with E-state index in [1.165, 1.54) is 18.5 Å². The summed E-state index contributed by atoms with van der Waals surface area (Å²) in [6, 6.07) is 6.93. The van der Waals surface area contributed by atoms with Gasteiger partial charge in [-0.05, 0) is 30.5 Å². The second-order valence-corrected chi connectivity index (χ2v) is 5.39. The van der Waals surface area contributed by atoms with E-state index in [2.05, 4.69) is 15.1 Å². The largest absolute Gasteiger partial charge is 0.383 e. The standard InChI is InChI=1S/C15H14FN5/c16-10-3-1-2-9(6-10)7-12-13-14(17)18-8-19-15(13)21(20-12)11-4-5-11/h1-3,6,8,11H,4-5,7H2,(H2,17,18,19). The Hall–Kier alpha value is -2.50. The maximum Gasteiger partial charge on any atom is 0.163 e. The third-order valence-electron chi connectivity index (χ3n) is 3.74. The minimum atomic E-state index is -0.248. The zero-order valence-electron chi connectivity index (χ0n) is 11.3. The van der Waals surface area contributed by atoms with Crippen LogP contribution in [0, 0.1) is 5.82 Å². The Labute approximate surface area is 120 Å². The normalized spacial score (nSPS) is 14.7. The predicted molar refractivity (Wildman–Crippen MR) is 77.2 cm³/mol. The van der Waals surface area contributed by atoms with Gasteiger partial charge in [-0.25, -0.2) is 19.0 Å². The lowest BCUT2D eigenvalue weighted by atomic mass is 10.1. The van der Waals surface area contributed by atoms with E-state index in [0.29, 0.717) is 18.3 Å². The molecule has 0 amide bonds. The molecule has 2 N–H and O–H groups in total. The van der Waals surface area contributed by atoms with Gasteiger partial charge in [-0.1, -0.05) is 12.1 Å². The van der Waals surface area contributed by atoms with E-state index in [9.17, 15) is 4.39 Å². The Morgan fingerprint density at radius 2 is 2.14 bits per heavy atom. The second-order valence-electron chi connectivity index (χ2n) is 5.39. The van der Waals surface area contributed by atoms with E-state index < -0.39 is 0 Å². The number of nitrogens with two attached hydrogens (primary N) is 1. The van der Waals surface area contributed by atoms with E-state index in [1.807, 2.05) is 10.7 Å². The van der Waals surface area contributed by atoms with Gasteiger partial charge in [0.25, 0.3) is 0 Å². The van der Waals surface area contributed by atoms with Crippen molar-refractivity contribution in [2.75, 3.05) is 5.73 Å². The highest BCUT2D eigenvalue weighted by Crippen LogP contribution is 2.38. The number of aromatic nitrogens is 4. The molecule has 0 aliphatic heterocycles. The summed E-state index contributed by atoms with van der Waals surface area (Å²) >= 11 is 0. The molecule has 0 spiro atoms.